The van der Waals surface area contributed by atoms with E-state index in [0.717, 1.165) is 19.4 Å². The second kappa shape index (κ2) is 2.21. The monoisotopic (exact) mass is 143 g/mol. The predicted octanol–water partition coefficient (Wildman–Crippen LogP) is 1.29. The molecule has 2 heteroatoms. The van der Waals surface area contributed by atoms with E-state index < -0.39 is 0 Å². The van der Waals surface area contributed by atoms with E-state index in [-0.39, 0.29) is 11.1 Å². The van der Waals surface area contributed by atoms with E-state index in [1.54, 1.807) is 0 Å². The first-order valence-electron chi connectivity index (χ1n) is 3.89. The van der Waals surface area contributed by atoms with E-state index in [2.05, 4.69) is 20.8 Å². The Bertz CT molecular complexity index is 113. The molecule has 1 heterocycles. The fraction of sp³-hybridized carbons (Fsp3) is 1.00. The van der Waals surface area contributed by atoms with Gasteiger partial charge in [0, 0.05) is 12.1 Å². The minimum Gasteiger partial charge on any atom is -0.374 e. The molecule has 2 nitrogen and oxygen atoms in total. The topological polar surface area (TPSA) is 35.2 Å². The molecule has 10 heavy (non-hydrogen) atoms. The molecule has 0 amide bonds. The van der Waals surface area contributed by atoms with Crippen LogP contribution in [0.4, 0.5) is 0 Å². The molecule has 0 saturated carbocycles. The summed E-state index contributed by atoms with van der Waals surface area (Å²) in [5.41, 5.74) is 5.74. The zero-order valence-corrected chi connectivity index (χ0v) is 7.11. The van der Waals surface area contributed by atoms with Crippen molar-refractivity contribution in [2.45, 2.75) is 44.8 Å². The minimum atomic E-state index is -0.148. The van der Waals surface area contributed by atoms with Crippen molar-refractivity contribution in [2.24, 2.45) is 5.73 Å². The van der Waals surface area contributed by atoms with Gasteiger partial charge in [-0.05, 0) is 33.6 Å². The van der Waals surface area contributed by atoms with E-state index in [4.69, 9.17) is 10.5 Å². The Hall–Kier alpha value is -0.0800. The maximum absolute atomic E-state index is 6.03. The number of hydrogen-bond donors (Lipinski definition) is 1. The molecule has 1 aliphatic heterocycles. The van der Waals surface area contributed by atoms with Crippen LogP contribution in [0.3, 0.4) is 0 Å². The number of hydrogen-bond acceptors (Lipinski definition) is 2. The Kier molecular flexibility index (Phi) is 1.77. The van der Waals surface area contributed by atoms with Crippen molar-refractivity contribution in [3.63, 3.8) is 0 Å². The van der Waals surface area contributed by atoms with E-state index in [0.29, 0.717) is 0 Å². The fourth-order valence-electron chi connectivity index (χ4n) is 1.23. The van der Waals surface area contributed by atoms with Crippen molar-refractivity contribution < 1.29 is 4.74 Å². The molecule has 0 aromatic carbocycles. The lowest BCUT2D eigenvalue weighted by Gasteiger charge is -2.44. The number of ether oxygens (including phenoxy) is 1. The van der Waals surface area contributed by atoms with Crippen molar-refractivity contribution in [3.8, 4) is 0 Å². The molecule has 0 spiro atoms. The third-order valence-corrected chi connectivity index (χ3v) is 2.68. The third-order valence-electron chi connectivity index (χ3n) is 2.68. The van der Waals surface area contributed by atoms with Gasteiger partial charge in [0.1, 0.15) is 0 Å². The number of nitrogens with two attached hydrogens (primary N) is 1. The highest BCUT2D eigenvalue weighted by atomic mass is 16.5. The van der Waals surface area contributed by atoms with Crippen molar-refractivity contribution >= 4 is 0 Å². The van der Waals surface area contributed by atoms with Crippen molar-refractivity contribution in [3.05, 3.63) is 0 Å². The lowest BCUT2D eigenvalue weighted by atomic mass is 9.79. The van der Waals surface area contributed by atoms with Crippen molar-refractivity contribution in [1.29, 1.82) is 0 Å². The van der Waals surface area contributed by atoms with Crippen LogP contribution in [0.25, 0.3) is 0 Å². The molecule has 1 unspecified atom stereocenters. The first kappa shape index (κ1) is 8.02. The summed E-state index contributed by atoms with van der Waals surface area (Å²) < 4.78 is 5.56. The summed E-state index contributed by atoms with van der Waals surface area (Å²) in [6.07, 6.45) is 2.16. The third kappa shape index (κ3) is 1.18. The van der Waals surface area contributed by atoms with Crippen molar-refractivity contribution in [2.75, 3.05) is 6.61 Å². The molecule has 0 aromatic heterocycles. The average molecular weight is 143 g/mol. The van der Waals surface area contributed by atoms with Gasteiger partial charge in [0.15, 0.2) is 0 Å². The van der Waals surface area contributed by atoms with Gasteiger partial charge in [-0.2, -0.15) is 0 Å². The first-order chi connectivity index (χ1) is 4.46. The van der Waals surface area contributed by atoms with Crippen LogP contribution < -0.4 is 5.73 Å². The summed E-state index contributed by atoms with van der Waals surface area (Å²) in [6.45, 7) is 7.05. The van der Waals surface area contributed by atoms with Crippen LogP contribution in [0.2, 0.25) is 0 Å². The molecule has 1 aliphatic rings. The smallest absolute Gasteiger partial charge is 0.0802 e. The summed E-state index contributed by atoms with van der Waals surface area (Å²) in [7, 11) is 0. The summed E-state index contributed by atoms with van der Waals surface area (Å²) in [5, 5.41) is 0. The second-order valence-electron chi connectivity index (χ2n) is 3.88. The standard InChI is InChI=1S/C8H17NO/c1-7(2)8(3,9)5-4-6-10-7/h4-6,9H2,1-3H3. The van der Waals surface area contributed by atoms with Crippen LogP contribution in [-0.2, 0) is 4.74 Å². The highest BCUT2D eigenvalue weighted by molar-refractivity contribution is 4.97. The minimum absolute atomic E-state index is 0.148. The van der Waals surface area contributed by atoms with Crippen molar-refractivity contribution in [1.82, 2.24) is 0 Å². The molecule has 2 N–H and O–H groups in total. The Morgan fingerprint density at radius 3 is 2.20 bits per heavy atom. The van der Waals surface area contributed by atoms with E-state index in [9.17, 15) is 0 Å². The van der Waals surface area contributed by atoms with E-state index in [1.807, 2.05) is 0 Å². The van der Waals surface area contributed by atoms with Gasteiger partial charge < -0.3 is 10.5 Å². The molecule has 0 aliphatic carbocycles. The largest absolute Gasteiger partial charge is 0.374 e. The van der Waals surface area contributed by atoms with Crippen LogP contribution in [0, 0.1) is 0 Å². The van der Waals surface area contributed by atoms with Gasteiger partial charge in [0.05, 0.1) is 5.60 Å². The van der Waals surface area contributed by atoms with Gasteiger partial charge in [0.2, 0.25) is 0 Å². The summed E-state index contributed by atoms with van der Waals surface area (Å²) >= 11 is 0. The molecular formula is C8H17NO. The molecule has 1 saturated heterocycles. The fourth-order valence-corrected chi connectivity index (χ4v) is 1.23. The highest BCUT2D eigenvalue weighted by Gasteiger charge is 2.40. The Morgan fingerprint density at radius 1 is 1.30 bits per heavy atom. The highest BCUT2D eigenvalue weighted by Crippen LogP contribution is 2.31. The predicted molar refractivity (Wildman–Crippen MR) is 41.9 cm³/mol. The normalized spacial score (nSPS) is 39.6. The van der Waals surface area contributed by atoms with E-state index >= 15 is 0 Å². The summed E-state index contributed by atoms with van der Waals surface area (Å²) in [4.78, 5) is 0. The van der Waals surface area contributed by atoms with Crippen LogP contribution in [-0.4, -0.2) is 17.7 Å². The zero-order valence-electron chi connectivity index (χ0n) is 7.11. The van der Waals surface area contributed by atoms with Gasteiger partial charge in [0.25, 0.3) is 0 Å². The van der Waals surface area contributed by atoms with Gasteiger partial charge in [-0.25, -0.2) is 0 Å². The molecule has 1 fully saturated rings. The number of rotatable bonds is 0. The van der Waals surface area contributed by atoms with E-state index in [1.165, 1.54) is 0 Å². The Labute approximate surface area is 62.7 Å². The molecule has 0 radical (unpaired) electrons. The average Bonchev–Trinajstić information content (AvgIpc) is 1.77. The van der Waals surface area contributed by atoms with Crippen LogP contribution in [0.15, 0.2) is 0 Å². The molecule has 60 valence electrons. The van der Waals surface area contributed by atoms with Crippen LogP contribution in [0.5, 0.6) is 0 Å². The quantitative estimate of drug-likeness (QED) is 0.554. The summed E-state index contributed by atoms with van der Waals surface area (Å²) in [5.74, 6) is 0. The lowest BCUT2D eigenvalue weighted by Crippen LogP contribution is -2.59. The van der Waals surface area contributed by atoms with Gasteiger partial charge >= 0.3 is 0 Å². The molecule has 1 atom stereocenters. The van der Waals surface area contributed by atoms with Crippen LogP contribution >= 0.6 is 0 Å². The molecule has 0 bridgehead atoms. The Balaban J connectivity index is 2.70. The van der Waals surface area contributed by atoms with Crippen LogP contribution in [0.1, 0.15) is 33.6 Å². The second-order valence-corrected chi connectivity index (χ2v) is 3.88. The molecule has 1 rings (SSSR count). The SMILES string of the molecule is CC1(N)CCCOC1(C)C. The van der Waals surface area contributed by atoms with Gasteiger partial charge in [-0.1, -0.05) is 0 Å². The summed E-state index contributed by atoms with van der Waals surface area (Å²) in [6, 6.07) is 0. The van der Waals surface area contributed by atoms with Gasteiger partial charge in [-0.15, -0.1) is 0 Å². The maximum Gasteiger partial charge on any atom is 0.0802 e. The zero-order chi connectivity index (χ0) is 7.83. The Morgan fingerprint density at radius 2 is 1.90 bits per heavy atom. The molecule has 0 aromatic rings. The lowest BCUT2D eigenvalue weighted by molar-refractivity contribution is -0.101. The maximum atomic E-state index is 6.03. The molecular weight excluding hydrogens is 126 g/mol. The van der Waals surface area contributed by atoms with Gasteiger partial charge in [-0.3, -0.25) is 0 Å². The first-order valence-corrected chi connectivity index (χ1v) is 3.89.